The van der Waals surface area contributed by atoms with Crippen LogP contribution in [0.5, 0.6) is 0 Å². The third-order valence-corrected chi connectivity index (χ3v) is 0.333. The summed E-state index contributed by atoms with van der Waals surface area (Å²) < 4.78 is 0. The summed E-state index contributed by atoms with van der Waals surface area (Å²) in [6.45, 7) is 6.84. The van der Waals surface area contributed by atoms with Crippen LogP contribution in [0, 0.1) is 0 Å². The van der Waals surface area contributed by atoms with Crippen LogP contribution in [0.4, 0.5) is 0 Å². The zero-order valence-electron chi connectivity index (χ0n) is 5.47. The van der Waals surface area contributed by atoms with Crippen LogP contribution >= 0.6 is 0 Å². The van der Waals surface area contributed by atoms with Crippen LogP contribution in [-0.2, 0) is 27.2 Å². The second-order valence-corrected chi connectivity index (χ2v) is 1.05. The molecule has 3 nitrogen and oxygen atoms in total. The minimum absolute atomic E-state index is 0. The van der Waals surface area contributed by atoms with Crippen molar-refractivity contribution < 1.29 is 32.3 Å². The topological polar surface area (TPSA) is 66.1 Å². The average Bonchev–Trinajstić information content (AvgIpc) is 1.89. The van der Waals surface area contributed by atoms with Gasteiger partial charge in [0, 0.05) is 6.54 Å². The SMILES string of the molecule is C=CC(=O)[O-].C=CCN.[Ag+]. The van der Waals surface area contributed by atoms with Crippen molar-refractivity contribution in [2.75, 3.05) is 6.54 Å². The van der Waals surface area contributed by atoms with Crippen molar-refractivity contribution in [1.29, 1.82) is 0 Å². The summed E-state index contributed by atoms with van der Waals surface area (Å²) in [4.78, 5) is 9.14. The predicted molar refractivity (Wildman–Crippen MR) is 34.5 cm³/mol. The molecule has 0 aromatic rings. The first kappa shape index (κ1) is 16.3. The molecule has 0 saturated carbocycles. The molecule has 0 spiro atoms. The van der Waals surface area contributed by atoms with Gasteiger partial charge in [0.05, 0.1) is 5.97 Å². The van der Waals surface area contributed by atoms with Crippen LogP contribution in [0.25, 0.3) is 0 Å². The molecule has 10 heavy (non-hydrogen) atoms. The molecule has 0 aromatic carbocycles. The summed E-state index contributed by atoms with van der Waals surface area (Å²) in [6.07, 6.45) is 2.38. The van der Waals surface area contributed by atoms with Crippen molar-refractivity contribution in [1.82, 2.24) is 0 Å². The summed E-state index contributed by atoms with van der Waals surface area (Å²) in [6, 6.07) is 0. The van der Waals surface area contributed by atoms with Crippen molar-refractivity contribution in [2.24, 2.45) is 5.73 Å². The number of aliphatic carboxylic acids is 1. The first-order chi connectivity index (χ1) is 4.18. The van der Waals surface area contributed by atoms with E-state index < -0.39 is 5.97 Å². The van der Waals surface area contributed by atoms with Crippen molar-refractivity contribution in [2.45, 2.75) is 0 Å². The van der Waals surface area contributed by atoms with Gasteiger partial charge in [0.2, 0.25) is 0 Å². The summed E-state index contributed by atoms with van der Waals surface area (Å²) in [5.41, 5.74) is 4.91. The zero-order valence-corrected chi connectivity index (χ0v) is 6.95. The molecule has 0 saturated heterocycles. The maximum absolute atomic E-state index is 9.14. The van der Waals surface area contributed by atoms with Gasteiger partial charge >= 0.3 is 22.4 Å². The fraction of sp³-hybridized carbons (Fsp3) is 0.167. The Morgan fingerprint density at radius 2 is 1.80 bits per heavy atom. The summed E-state index contributed by atoms with van der Waals surface area (Å²) in [7, 11) is 0. The molecular formula is C6H10AgNO2. The fourth-order valence-electron chi connectivity index (χ4n) is 0. The molecule has 0 aromatic heterocycles. The van der Waals surface area contributed by atoms with Crippen LogP contribution < -0.4 is 10.8 Å². The molecule has 0 atom stereocenters. The van der Waals surface area contributed by atoms with E-state index in [4.69, 9.17) is 15.6 Å². The van der Waals surface area contributed by atoms with Gasteiger partial charge in [0.1, 0.15) is 0 Å². The van der Waals surface area contributed by atoms with E-state index in [1.807, 2.05) is 0 Å². The molecule has 0 fully saturated rings. The summed E-state index contributed by atoms with van der Waals surface area (Å²) >= 11 is 0. The van der Waals surface area contributed by atoms with E-state index in [1.165, 1.54) is 0 Å². The van der Waals surface area contributed by atoms with Gasteiger partial charge in [0.15, 0.2) is 0 Å². The van der Waals surface area contributed by atoms with E-state index in [0.717, 1.165) is 6.08 Å². The Kier molecular flexibility index (Phi) is 25.9. The molecule has 62 valence electrons. The third kappa shape index (κ3) is 48.2. The first-order valence-electron chi connectivity index (χ1n) is 2.33. The number of rotatable bonds is 2. The minimum Gasteiger partial charge on any atom is -0.545 e. The Hall–Kier alpha value is -0.350. The van der Waals surface area contributed by atoms with Gasteiger partial charge in [-0.2, -0.15) is 0 Å². The number of carbonyl (C=O) groups excluding carboxylic acids is 1. The van der Waals surface area contributed by atoms with Crippen molar-refractivity contribution in [3.63, 3.8) is 0 Å². The predicted octanol–water partition coefficient (Wildman–Crippen LogP) is -0.949. The van der Waals surface area contributed by atoms with Gasteiger partial charge in [-0.3, -0.25) is 0 Å². The van der Waals surface area contributed by atoms with Gasteiger partial charge < -0.3 is 15.6 Å². The Morgan fingerprint density at radius 1 is 1.60 bits per heavy atom. The monoisotopic (exact) mass is 235 g/mol. The maximum atomic E-state index is 9.14. The molecule has 0 aliphatic rings. The summed E-state index contributed by atoms with van der Waals surface area (Å²) in [5, 5.41) is 9.14. The molecule has 0 bridgehead atoms. The van der Waals surface area contributed by atoms with E-state index in [0.29, 0.717) is 6.54 Å². The van der Waals surface area contributed by atoms with Crippen LogP contribution in [0.1, 0.15) is 0 Å². The van der Waals surface area contributed by atoms with Crippen molar-refractivity contribution >= 4 is 5.97 Å². The largest absolute Gasteiger partial charge is 1.00 e. The Balaban J connectivity index is -0.0000000910. The number of carbonyl (C=O) groups is 1. The fourth-order valence-corrected chi connectivity index (χ4v) is 0. The number of hydrogen-bond donors (Lipinski definition) is 1. The third-order valence-electron chi connectivity index (χ3n) is 0.333. The van der Waals surface area contributed by atoms with E-state index in [-0.39, 0.29) is 22.4 Å². The molecule has 0 aliphatic heterocycles. The number of nitrogens with two attached hydrogens (primary N) is 1. The molecule has 0 heterocycles. The van der Waals surface area contributed by atoms with E-state index >= 15 is 0 Å². The molecule has 2 N–H and O–H groups in total. The minimum atomic E-state index is -1.23. The van der Waals surface area contributed by atoms with Gasteiger partial charge in [-0.1, -0.05) is 12.7 Å². The molecule has 0 radical (unpaired) electrons. The van der Waals surface area contributed by atoms with Crippen molar-refractivity contribution in [3.8, 4) is 0 Å². The normalized spacial score (nSPS) is 5.70. The molecule has 0 rings (SSSR count). The molecule has 4 heteroatoms. The number of hydrogen-bond acceptors (Lipinski definition) is 3. The Morgan fingerprint density at radius 3 is 1.80 bits per heavy atom. The van der Waals surface area contributed by atoms with Crippen LogP contribution in [0.3, 0.4) is 0 Å². The van der Waals surface area contributed by atoms with Crippen molar-refractivity contribution in [3.05, 3.63) is 25.3 Å². The quantitative estimate of drug-likeness (QED) is 0.382. The second-order valence-electron chi connectivity index (χ2n) is 1.05. The number of carboxylic acid groups (broad SMARTS) is 1. The summed E-state index contributed by atoms with van der Waals surface area (Å²) in [5.74, 6) is -1.23. The Bertz CT molecular complexity index is 104. The average molecular weight is 236 g/mol. The molecule has 0 amide bonds. The maximum Gasteiger partial charge on any atom is 1.00 e. The zero-order chi connectivity index (χ0) is 7.70. The van der Waals surface area contributed by atoms with Gasteiger partial charge in [-0.25, -0.2) is 0 Å². The molecule has 0 aliphatic carbocycles. The Labute approximate surface area is 76.1 Å². The van der Waals surface area contributed by atoms with Gasteiger partial charge in [0.25, 0.3) is 0 Å². The van der Waals surface area contributed by atoms with Crippen LogP contribution in [0.15, 0.2) is 25.3 Å². The van der Waals surface area contributed by atoms with E-state index in [1.54, 1.807) is 6.08 Å². The standard InChI is InChI=1S/C3H7N.C3H4O2.Ag/c1-2-3-4;1-2-3(4)5;/h2H,1,3-4H2;2H,1H2,(H,4,5);/q;;+1/p-1. The van der Waals surface area contributed by atoms with Gasteiger partial charge in [-0.15, -0.1) is 6.58 Å². The smallest absolute Gasteiger partial charge is 0.545 e. The number of carboxylic acids is 1. The van der Waals surface area contributed by atoms with Crippen LogP contribution in [-0.4, -0.2) is 12.5 Å². The molecule has 0 unspecified atom stereocenters. The van der Waals surface area contributed by atoms with Crippen LogP contribution in [0.2, 0.25) is 0 Å². The first-order valence-corrected chi connectivity index (χ1v) is 2.33. The van der Waals surface area contributed by atoms with E-state index in [2.05, 4.69) is 13.2 Å². The van der Waals surface area contributed by atoms with E-state index in [9.17, 15) is 0 Å². The van der Waals surface area contributed by atoms with Gasteiger partial charge in [-0.05, 0) is 6.08 Å². The second kappa shape index (κ2) is 15.9. The molecular weight excluding hydrogens is 226 g/mol.